The molecule has 1 saturated carbocycles. The van der Waals surface area contributed by atoms with E-state index >= 15 is 0 Å². The third-order valence-electron chi connectivity index (χ3n) is 6.14. The van der Waals surface area contributed by atoms with Crippen LogP contribution in [0, 0.1) is 6.92 Å². The van der Waals surface area contributed by atoms with Gasteiger partial charge >= 0.3 is 5.97 Å². The second-order valence-corrected chi connectivity index (χ2v) is 8.27. The number of nitrogens with zero attached hydrogens (tertiary/aromatic N) is 2. The fourth-order valence-corrected chi connectivity index (χ4v) is 4.56. The van der Waals surface area contributed by atoms with Gasteiger partial charge in [-0.2, -0.15) is 0 Å². The number of anilines is 1. The highest BCUT2D eigenvalue weighted by Gasteiger charge is 2.64. The first-order valence-electron chi connectivity index (χ1n) is 10.6. The fraction of sp³-hybridized carbons (Fsp3) is 0.375. The summed E-state index contributed by atoms with van der Waals surface area (Å²) in [5.41, 5.74) is 0.662. The lowest BCUT2D eigenvalue weighted by Crippen LogP contribution is -2.69. The Kier molecular flexibility index (Phi) is 4.68. The van der Waals surface area contributed by atoms with Crippen molar-refractivity contribution >= 4 is 23.5 Å². The predicted octanol–water partition coefficient (Wildman–Crippen LogP) is 3.06. The van der Waals surface area contributed by atoms with E-state index < -0.39 is 11.6 Å². The molecule has 2 fully saturated rings. The molecule has 2 aromatic rings. The molecule has 7 heteroatoms. The molecule has 2 aliphatic heterocycles. The van der Waals surface area contributed by atoms with E-state index in [1.807, 2.05) is 31.2 Å². The Balaban J connectivity index is 1.39. The minimum absolute atomic E-state index is 0.0326. The summed E-state index contributed by atoms with van der Waals surface area (Å²) >= 11 is 0. The van der Waals surface area contributed by atoms with Crippen molar-refractivity contribution in [1.82, 2.24) is 4.90 Å². The van der Waals surface area contributed by atoms with E-state index in [0.717, 1.165) is 18.4 Å². The quantitative estimate of drug-likeness (QED) is 0.530. The van der Waals surface area contributed by atoms with Crippen molar-refractivity contribution < 1.29 is 23.9 Å². The van der Waals surface area contributed by atoms with E-state index in [9.17, 15) is 14.4 Å². The Bertz CT molecular complexity index is 1050. The van der Waals surface area contributed by atoms with Gasteiger partial charge in [0.25, 0.3) is 5.91 Å². The largest absolute Gasteiger partial charge is 0.490 e. The van der Waals surface area contributed by atoms with Crippen molar-refractivity contribution in [3.8, 4) is 5.75 Å². The Hall–Kier alpha value is -3.35. The first-order valence-corrected chi connectivity index (χ1v) is 10.6. The molecular weight excluding hydrogens is 396 g/mol. The Morgan fingerprint density at radius 3 is 2.55 bits per heavy atom. The monoisotopic (exact) mass is 420 g/mol. The number of amides is 2. The number of hydrogen-bond acceptors (Lipinski definition) is 5. The smallest absolute Gasteiger partial charge is 0.353 e. The molecule has 0 bridgehead atoms. The van der Waals surface area contributed by atoms with Crippen LogP contribution < -0.4 is 9.64 Å². The molecule has 0 aromatic heterocycles. The minimum Gasteiger partial charge on any atom is -0.490 e. The SMILES string of the molecule is Cc1ccc(OCCOC(=O)[C@@]23CCC(=O)N2c2ccccc2C(=O)N3C2CC2)cc1. The average molecular weight is 420 g/mol. The molecule has 2 aromatic carbocycles. The minimum atomic E-state index is -1.41. The second kappa shape index (κ2) is 7.41. The van der Waals surface area contributed by atoms with Gasteiger partial charge < -0.3 is 14.4 Å². The van der Waals surface area contributed by atoms with Crippen LogP contribution in [0.1, 0.15) is 41.6 Å². The number of carbonyl (C=O) groups excluding carboxylic acids is 3. The van der Waals surface area contributed by atoms with E-state index in [1.54, 1.807) is 29.2 Å². The van der Waals surface area contributed by atoms with Gasteiger partial charge in [0.2, 0.25) is 11.6 Å². The maximum atomic E-state index is 13.4. The summed E-state index contributed by atoms with van der Waals surface area (Å²) in [6, 6.07) is 14.5. The zero-order chi connectivity index (χ0) is 21.6. The second-order valence-electron chi connectivity index (χ2n) is 8.27. The van der Waals surface area contributed by atoms with Gasteiger partial charge in [0.1, 0.15) is 19.0 Å². The average Bonchev–Trinajstić information content (AvgIpc) is 3.55. The summed E-state index contributed by atoms with van der Waals surface area (Å²) in [6.45, 7) is 2.21. The van der Waals surface area contributed by atoms with Crippen molar-refractivity contribution in [2.24, 2.45) is 0 Å². The third-order valence-corrected chi connectivity index (χ3v) is 6.14. The summed E-state index contributed by atoms with van der Waals surface area (Å²) < 4.78 is 11.3. The van der Waals surface area contributed by atoms with Crippen molar-refractivity contribution in [1.29, 1.82) is 0 Å². The van der Waals surface area contributed by atoms with Crippen molar-refractivity contribution in [3.05, 3.63) is 59.7 Å². The molecule has 0 radical (unpaired) electrons. The number of hydrogen-bond donors (Lipinski definition) is 0. The lowest BCUT2D eigenvalue weighted by atomic mass is 9.96. The maximum absolute atomic E-state index is 13.4. The lowest BCUT2D eigenvalue weighted by molar-refractivity contribution is -0.158. The summed E-state index contributed by atoms with van der Waals surface area (Å²) in [5.74, 6) is -0.255. The highest BCUT2D eigenvalue weighted by molar-refractivity contribution is 6.15. The van der Waals surface area contributed by atoms with E-state index in [4.69, 9.17) is 9.47 Å². The lowest BCUT2D eigenvalue weighted by Gasteiger charge is -2.48. The zero-order valence-electron chi connectivity index (χ0n) is 17.4. The number of ether oxygens (including phenoxy) is 2. The molecule has 2 heterocycles. The van der Waals surface area contributed by atoms with Gasteiger partial charge in [0.15, 0.2) is 0 Å². The number of para-hydroxylation sites is 1. The molecule has 2 amide bonds. The van der Waals surface area contributed by atoms with Gasteiger partial charge in [-0.25, -0.2) is 4.79 Å². The topological polar surface area (TPSA) is 76.1 Å². The molecule has 160 valence electrons. The van der Waals surface area contributed by atoms with Crippen LogP contribution in [0.4, 0.5) is 5.69 Å². The van der Waals surface area contributed by atoms with Crippen molar-refractivity contribution in [2.75, 3.05) is 18.1 Å². The van der Waals surface area contributed by atoms with Gasteiger partial charge in [0.05, 0.1) is 11.3 Å². The number of benzene rings is 2. The molecule has 7 nitrogen and oxygen atoms in total. The van der Waals surface area contributed by atoms with Crippen LogP contribution in [0.3, 0.4) is 0 Å². The van der Waals surface area contributed by atoms with Crippen molar-refractivity contribution in [2.45, 2.75) is 44.3 Å². The number of rotatable bonds is 6. The highest BCUT2D eigenvalue weighted by atomic mass is 16.6. The Morgan fingerprint density at radius 2 is 1.81 bits per heavy atom. The normalized spacial score (nSPS) is 22.2. The summed E-state index contributed by atoms with van der Waals surface area (Å²) in [6.07, 6.45) is 2.07. The Labute approximate surface area is 180 Å². The van der Waals surface area contributed by atoms with E-state index in [2.05, 4.69) is 0 Å². The number of fused-ring (bicyclic) bond motifs is 3. The molecule has 31 heavy (non-hydrogen) atoms. The molecule has 1 atom stereocenters. The highest BCUT2D eigenvalue weighted by Crippen LogP contribution is 2.49. The number of aryl methyl sites for hydroxylation is 1. The third kappa shape index (κ3) is 3.15. The van der Waals surface area contributed by atoms with E-state index in [0.29, 0.717) is 17.0 Å². The van der Waals surface area contributed by atoms with Crippen LogP contribution in [0.15, 0.2) is 48.5 Å². The summed E-state index contributed by atoms with van der Waals surface area (Å²) in [7, 11) is 0. The molecule has 0 unspecified atom stereocenters. The van der Waals surface area contributed by atoms with E-state index in [1.165, 1.54) is 4.90 Å². The molecule has 3 aliphatic rings. The molecular formula is C24H24N2O5. The predicted molar refractivity (Wildman–Crippen MR) is 113 cm³/mol. The van der Waals surface area contributed by atoms with Gasteiger partial charge in [-0.15, -0.1) is 0 Å². The first-order chi connectivity index (χ1) is 15.0. The summed E-state index contributed by atoms with van der Waals surface area (Å²) in [4.78, 5) is 42.8. The molecule has 1 aliphatic carbocycles. The number of esters is 1. The maximum Gasteiger partial charge on any atom is 0.353 e. The van der Waals surface area contributed by atoms with Gasteiger partial charge in [-0.1, -0.05) is 29.8 Å². The van der Waals surface area contributed by atoms with Crippen LogP contribution in [-0.2, 0) is 14.3 Å². The van der Waals surface area contributed by atoms with Crippen LogP contribution in [0.2, 0.25) is 0 Å². The molecule has 0 spiro atoms. The molecule has 0 N–H and O–H groups in total. The Morgan fingerprint density at radius 1 is 1.06 bits per heavy atom. The fourth-order valence-electron chi connectivity index (χ4n) is 4.56. The van der Waals surface area contributed by atoms with Gasteiger partial charge in [-0.05, 0) is 44.0 Å². The number of carbonyl (C=O) groups is 3. The van der Waals surface area contributed by atoms with Crippen molar-refractivity contribution in [3.63, 3.8) is 0 Å². The summed E-state index contributed by atoms with van der Waals surface area (Å²) in [5, 5.41) is 0. The standard InChI is InChI=1S/C24H24N2O5/c1-16-6-10-18(11-7-16)30-14-15-31-23(29)24-13-12-21(27)26(24)20-5-3-2-4-19(20)22(28)25(24)17-8-9-17/h2-7,10-11,17H,8-9,12-15H2,1H3/t24-/m1/s1. The van der Waals surface area contributed by atoms with Gasteiger partial charge in [-0.3, -0.25) is 14.5 Å². The van der Waals surface area contributed by atoms with E-state index in [-0.39, 0.29) is 43.9 Å². The first kappa shape index (κ1) is 19.6. The van der Waals surface area contributed by atoms with Crippen LogP contribution in [0.5, 0.6) is 5.75 Å². The molecule has 5 rings (SSSR count). The molecule has 1 saturated heterocycles. The van der Waals surface area contributed by atoms with Crippen LogP contribution in [-0.4, -0.2) is 47.6 Å². The van der Waals surface area contributed by atoms with Crippen LogP contribution >= 0.6 is 0 Å². The van der Waals surface area contributed by atoms with Crippen LogP contribution in [0.25, 0.3) is 0 Å². The van der Waals surface area contributed by atoms with Gasteiger partial charge in [0, 0.05) is 18.9 Å². The zero-order valence-corrected chi connectivity index (χ0v) is 17.4.